The summed E-state index contributed by atoms with van der Waals surface area (Å²) >= 11 is 0. The van der Waals surface area contributed by atoms with E-state index in [2.05, 4.69) is 4.40 Å². The van der Waals surface area contributed by atoms with E-state index in [1.165, 1.54) is 13.2 Å². The standard InChI is InChI=1S/C12H15FN2O3S/c1-4-15(5-2)12-10-9(18-3)7-6-8(13)11(10)19(16,17)14-12/h6-7H,4-5H2,1-3H3. The zero-order valence-corrected chi connectivity index (χ0v) is 11.8. The zero-order valence-electron chi connectivity index (χ0n) is 11.0. The first-order chi connectivity index (χ1) is 8.96. The predicted octanol–water partition coefficient (Wildman–Crippen LogP) is 1.63. The third-order valence-electron chi connectivity index (χ3n) is 3.04. The summed E-state index contributed by atoms with van der Waals surface area (Å²) in [6.45, 7) is 4.90. The summed E-state index contributed by atoms with van der Waals surface area (Å²) in [4.78, 5) is 1.36. The first-order valence-corrected chi connectivity index (χ1v) is 7.37. The number of methoxy groups -OCH3 is 1. The number of sulfonamides is 1. The lowest BCUT2D eigenvalue weighted by atomic mass is 10.1. The molecule has 1 aliphatic rings. The number of benzene rings is 1. The maximum absolute atomic E-state index is 13.8. The Balaban J connectivity index is 2.76. The Labute approximate surface area is 111 Å². The molecule has 0 spiro atoms. The molecular formula is C12H15FN2O3S. The van der Waals surface area contributed by atoms with Crippen molar-refractivity contribution >= 4 is 15.9 Å². The van der Waals surface area contributed by atoms with Crippen molar-refractivity contribution in [3.8, 4) is 5.75 Å². The van der Waals surface area contributed by atoms with E-state index in [4.69, 9.17) is 4.74 Å². The highest BCUT2D eigenvalue weighted by molar-refractivity contribution is 7.90. The Morgan fingerprint density at radius 1 is 1.32 bits per heavy atom. The summed E-state index contributed by atoms with van der Waals surface area (Å²) < 4.78 is 46.6. The maximum atomic E-state index is 13.8. The number of hydrogen-bond acceptors (Lipinski definition) is 4. The third-order valence-corrected chi connectivity index (χ3v) is 4.37. The van der Waals surface area contributed by atoms with Gasteiger partial charge in [0.15, 0.2) is 5.84 Å². The van der Waals surface area contributed by atoms with Gasteiger partial charge < -0.3 is 9.64 Å². The molecule has 2 rings (SSSR count). The summed E-state index contributed by atoms with van der Waals surface area (Å²) in [6, 6.07) is 2.49. The molecule has 1 aromatic rings. The Kier molecular flexibility index (Phi) is 3.49. The van der Waals surface area contributed by atoms with Gasteiger partial charge in [-0.25, -0.2) is 4.39 Å². The first kappa shape index (κ1) is 13.8. The van der Waals surface area contributed by atoms with Gasteiger partial charge in [0.1, 0.15) is 16.5 Å². The van der Waals surface area contributed by atoms with Gasteiger partial charge in [0.25, 0.3) is 10.0 Å². The summed E-state index contributed by atoms with van der Waals surface area (Å²) in [5.74, 6) is -0.249. The van der Waals surface area contributed by atoms with Crippen LogP contribution in [0.1, 0.15) is 19.4 Å². The van der Waals surface area contributed by atoms with Gasteiger partial charge in [-0.2, -0.15) is 8.42 Å². The molecule has 1 heterocycles. The van der Waals surface area contributed by atoms with Crippen LogP contribution in [0.25, 0.3) is 0 Å². The van der Waals surface area contributed by atoms with Crippen molar-refractivity contribution in [3.05, 3.63) is 23.5 Å². The van der Waals surface area contributed by atoms with Crippen molar-refractivity contribution in [2.45, 2.75) is 18.7 Å². The minimum Gasteiger partial charge on any atom is -0.496 e. The van der Waals surface area contributed by atoms with Crippen LogP contribution in [0, 0.1) is 5.82 Å². The predicted molar refractivity (Wildman–Crippen MR) is 69.6 cm³/mol. The largest absolute Gasteiger partial charge is 0.496 e. The van der Waals surface area contributed by atoms with Crippen LogP contribution < -0.4 is 4.74 Å². The van der Waals surface area contributed by atoms with Crippen molar-refractivity contribution in [2.75, 3.05) is 20.2 Å². The molecule has 0 saturated carbocycles. The summed E-state index contributed by atoms with van der Waals surface area (Å²) in [6.07, 6.45) is 0. The summed E-state index contributed by atoms with van der Waals surface area (Å²) in [7, 11) is -2.58. The van der Waals surface area contributed by atoms with Crippen LogP contribution in [-0.2, 0) is 10.0 Å². The van der Waals surface area contributed by atoms with E-state index in [1.807, 2.05) is 13.8 Å². The molecule has 5 nitrogen and oxygen atoms in total. The first-order valence-electron chi connectivity index (χ1n) is 5.93. The molecule has 0 unspecified atom stereocenters. The number of halogens is 1. The van der Waals surface area contributed by atoms with Crippen molar-refractivity contribution in [3.63, 3.8) is 0 Å². The van der Waals surface area contributed by atoms with Crippen LogP contribution in [0.15, 0.2) is 21.4 Å². The average molecular weight is 286 g/mol. The van der Waals surface area contributed by atoms with Gasteiger partial charge in [-0.3, -0.25) is 0 Å². The van der Waals surface area contributed by atoms with Gasteiger partial charge in [-0.15, -0.1) is 4.40 Å². The normalized spacial score (nSPS) is 15.9. The lowest BCUT2D eigenvalue weighted by Gasteiger charge is -2.21. The van der Waals surface area contributed by atoms with Crippen LogP contribution in [0.5, 0.6) is 5.75 Å². The summed E-state index contributed by atoms with van der Waals surface area (Å²) in [5, 5.41) is 0. The lowest BCUT2D eigenvalue weighted by Crippen LogP contribution is -2.30. The monoisotopic (exact) mass is 286 g/mol. The van der Waals surface area contributed by atoms with E-state index >= 15 is 0 Å². The smallest absolute Gasteiger partial charge is 0.288 e. The molecule has 0 atom stereocenters. The van der Waals surface area contributed by atoms with Crippen molar-refractivity contribution in [1.82, 2.24) is 4.90 Å². The number of hydrogen-bond donors (Lipinski definition) is 0. The molecule has 104 valence electrons. The number of rotatable bonds is 3. The SMILES string of the molecule is CCN(CC)C1=NS(=O)(=O)c2c(F)ccc(OC)c21. The zero-order chi connectivity index (χ0) is 14.2. The minimum atomic E-state index is -3.99. The molecule has 0 N–H and O–H groups in total. The number of fused-ring (bicyclic) bond motifs is 1. The van der Waals surface area contributed by atoms with E-state index in [0.29, 0.717) is 18.8 Å². The van der Waals surface area contributed by atoms with E-state index in [1.54, 1.807) is 4.90 Å². The van der Waals surface area contributed by atoms with Crippen LogP contribution in [0.3, 0.4) is 0 Å². The van der Waals surface area contributed by atoms with E-state index in [0.717, 1.165) is 6.07 Å². The van der Waals surface area contributed by atoms with E-state index in [-0.39, 0.29) is 11.4 Å². The molecule has 0 fully saturated rings. The van der Waals surface area contributed by atoms with Crippen LogP contribution in [0.2, 0.25) is 0 Å². The molecule has 0 amide bonds. The van der Waals surface area contributed by atoms with Crippen LogP contribution in [0.4, 0.5) is 4.39 Å². The highest BCUT2D eigenvalue weighted by Gasteiger charge is 2.37. The van der Waals surface area contributed by atoms with E-state index < -0.39 is 20.7 Å². The fourth-order valence-corrected chi connectivity index (χ4v) is 3.41. The van der Waals surface area contributed by atoms with Crippen LogP contribution in [-0.4, -0.2) is 39.4 Å². The molecule has 1 aliphatic heterocycles. The quantitative estimate of drug-likeness (QED) is 0.847. The molecule has 0 radical (unpaired) electrons. The van der Waals surface area contributed by atoms with Crippen molar-refractivity contribution < 1.29 is 17.5 Å². The third kappa shape index (κ3) is 2.07. The molecule has 7 heteroatoms. The number of amidine groups is 1. The molecule has 0 aliphatic carbocycles. The van der Waals surface area contributed by atoms with Crippen LogP contribution >= 0.6 is 0 Å². The second kappa shape index (κ2) is 4.80. The molecule has 0 saturated heterocycles. The fourth-order valence-electron chi connectivity index (χ4n) is 2.12. The molecular weight excluding hydrogens is 271 g/mol. The van der Waals surface area contributed by atoms with Gasteiger partial charge in [0.2, 0.25) is 0 Å². The fraction of sp³-hybridized carbons (Fsp3) is 0.417. The molecule has 0 bridgehead atoms. The highest BCUT2D eigenvalue weighted by atomic mass is 32.2. The Morgan fingerprint density at radius 2 is 1.95 bits per heavy atom. The maximum Gasteiger partial charge on any atom is 0.288 e. The molecule has 0 aromatic heterocycles. The van der Waals surface area contributed by atoms with Crippen molar-refractivity contribution in [1.29, 1.82) is 0 Å². The second-order valence-corrected chi connectivity index (χ2v) is 5.56. The van der Waals surface area contributed by atoms with Gasteiger partial charge >= 0.3 is 0 Å². The highest BCUT2D eigenvalue weighted by Crippen LogP contribution is 2.36. The molecule has 19 heavy (non-hydrogen) atoms. The lowest BCUT2D eigenvalue weighted by molar-refractivity contribution is 0.406. The Hall–Kier alpha value is -1.63. The topological polar surface area (TPSA) is 59.0 Å². The number of ether oxygens (including phenoxy) is 1. The van der Waals surface area contributed by atoms with Gasteiger partial charge in [-0.1, -0.05) is 0 Å². The average Bonchev–Trinajstić information content (AvgIpc) is 2.65. The Bertz CT molecular complexity index is 637. The minimum absolute atomic E-state index is 0.214. The molecule has 1 aromatic carbocycles. The van der Waals surface area contributed by atoms with Gasteiger partial charge in [0.05, 0.1) is 12.7 Å². The summed E-state index contributed by atoms with van der Waals surface area (Å²) in [5.41, 5.74) is 0.214. The second-order valence-electron chi connectivity index (χ2n) is 4.02. The van der Waals surface area contributed by atoms with Crippen molar-refractivity contribution in [2.24, 2.45) is 4.40 Å². The van der Waals surface area contributed by atoms with Gasteiger partial charge in [0, 0.05) is 13.1 Å². The van der Waals surface area contributed by atoms with Gasteiger partial charge in [-0.05, 0) is 26.0 Å². The Morgan fingerprint density at radius 3 is 2.47 bits per heavy atom. The number of nitrogens with zero attached hydrogens (tertiary/aromatic N) is 2. The van der Waals surface area contributed by atoms with E-state index in [9.17, 15) is 12.8 Å².